The molecule has 3 rings (SSSR count). The maximum atomic E-state index is 9.11. The second-order valence-electron chi connectivity index (χ2n) is 6.34. The molecule has 1 aromatic carbocycles. The summed E-state index contributed by atoms with van der Waals surface area (Å²) in [4.78, 5) is 2.56. The van der Waals surface area contributed by atoms with E-state index in [2.05, 4.69) is 34.7 Å². The van der Waals surface area contributed by atoms with Crippen LogP contribution in [0, 0.1) is 6.92 Å². The van der Waals surface area contributed by atoms with Crippen LogP contribution in [0.3, 0.4) is 0 Å². The lowest BCUT2D eigenvalue weighted by molar-refractivity contribution is 0.280. The number of fused-ring (bicyclic) bond motifs is 1. The normalized spacial score (nSPS) is 16.0. The molecule has 1 aliphatic heterocycles. The lowest BCUT2D eigenvalue weighted by Gasteiger charge is -2.13. The number of likely N-dealkylation sites (tertiary alicyclic amines) is 1. The van der Waals surface area contributed by atoms with Crippen molar-refractivity contribution in [3.8, 4) is 0 Å². The van der Waals surface area contributed by atoms with Gasteiger partial charge in [0.1, 0.15) is 0 Å². The van der Waals surface area contributed by atoms with E-state index in [9.17, 15) is 0 Å². The van der Waals surface area contributed by atoms with Gasteiger partial charge >= 0.3 is 0 Å². The van der Waals surface area contributed by atoms with Gasteiger partial charge in [0.25, 0.3) is 0 Å². The average molecular weight is 321 g/mol. The number of rotatable bonds is 6. The SMILES string of the molecule is Cc1cc2c(CCN3CCCC3)cn(CCCO)c2cc1Cl. The van der Waals surface area contributed by atoms with E-state index >= 15 is 0 Å². The molecule has 0 amide bonds. The molecule has 1 fully saturated rings. The van der Waals surface area contributed by atoms with Gasteiger partial charge in [0.2, 0.25) is 0 Å². The Morgan fingerprint density at radius 2 is 1.95 bits per heavy atom. The summed E-state index contributed by atoms with van der Waals surface area (Å²) in [6.07, 6.45) is 6.80. The number of halogens is 1. The number of aromatic nitrogens is 1. The second kappa shape index (κ2) is 7.03. The van der Waals surface area contributed by atoms with Crippen LogP contribution in [-0.4, -0.2) is 40.8 Å². The Hall–Kier alpha value is -1.03. The summed E-state index contributed by atoms with van der Waals surface area (Å²) in [5.74, 6) is 0. The maximum Gasteiger partial charge on any atom is 0.0498 e. The number of hydrogen-bond donors (Lipinski definition) is 1. The molecule has 0 unspecified atom stereocenters. The van der Waals surface area contributed by atoms with Crippen molar-refractivity contribution in [2.45, 2.75) is 39.2 Å². The first kappa shape index (κ1) is 15.9. The predicted molar refractivity (Wildman–Crippen MR) is 92.8 cm³/mol. The van der Waals surface area contributed by atoms with Crippen molar-refractivity contribution in [1.82, 2.24) is 9.47 Å². The van der Waals surface area contributed by atoms with Crippen molar-refractivity contribution < 1.29 is 5.11 Å². The van der Waals surface area contributed by atoms with Gasteiger partial charge in [0.05, 0.1) is 0 Å². The van der Waals surface area contributed by atoms with E-state index in [1.54, 1.807) is 0 Å². The van der Waals surface area contributed by atoms with E-state index < -0.39 is 0 Å². The minimum absolute atomic E-state index is 0.225. The third-order valence-electron chi connectivity index (χ3n) is 4.70. The van der Waals surface area contributed by atoms with Crippen molar-refractivity contribution >= 4 is 22.5 Å². The summed E-state index contributed by atoms with van der Waals surface area (Å²) in [7, 11) is 0. The molecule has 0 atom stereocenters. The molecule has 0 spiro atoms. The quantitative estimate of drug-likeness (QED) is 0.880. The summed E-state index contributed by atoms with van der Waals surface area (Å²) in [5, 5.41) is 11.2. The van der Waals surface area contributed by atoms with Crippen LogP contribution in [0.2, 0.25) is 5.02 Å². The number of nitrogens with zero attached hydrogens (tertiary/aromatic N) is 2. The summed E-state index contributed by atoms with van der Waals surface area (Å²) in [6, 6.07) is 4.29. The summed E-state index contributed by atoms with van der Waals surface area (Å²) in [5.41, 5.74) is 3.73. The lowest BCUT2D eigenvalue weighted by Crippen LogP contribution is -2.21. The molecule has 120 valence electrons. The monoisotopic (exact) mass is 320 g/mol. The van der Waals surface area contributed by atoms with Crippen LogP contribution in [0.15, 0.2) is 18.3 Å². The number of aliphatic hydroxyl groups is 1. The van der Waals surface area contributed by atoms with Crippen molar-refractivity contribution in [2.75, 3.05) is 26.2 Å². The molecule has 2 aromatic rings. The van der Waals surface area contributed by atoms with Gasteiger partial charge < -0.3 is 14.6 Å². The third-order valence-corrected chi connectivity index (χ3v) is 5.10. The van der Waals surface area contributed by atoms with Crippen LogP contribution < -0.4 is 0 Å². The Kier molecular flexibility index (Phi) is 5.07. The maximum absolute atomic E-state index is 9.11. The zero-order chi connectivity index (χ0) is 15.5. The van der Waals surface area contributed by atoms with Gasteiger partial charge in [-0.25, -0.2) is 0 Å². The van der Waals surface area contributed by atoms with Gasteiger partial charge in [-0.1, -0.05) is 11.6 Å². The Balaban J connectivity index is 1.88. The van der Waals surface area contributed by atoms with Crippen molar-refractivity contribution in [2.24, 2.45) is 0 Å². The Labute approximate surface area is 137 Å². The molecule has 1 saturated heterocycles. The van der Waals surface area contributed by atoms with Crippen LogP contribution in [-0.2, 0) is 13.0 Å². The molecule has 2 heterocycles. The van der Waals surface area contributed by atoms with Crippen LogP contribution in [0.5, 0.6) is 0 Å². The fraction of sp³-hybridized carbons (Fsp3) is 0.556. The highest BCUT2D eigenvalue weighted by Gasteiger charge is 2.14. The molecule has 1 aromatic heterocycles. The van der Waals surface area contributed by atoms with E-state index in [0.29, 0.717) is 0 Å². The van der Waals surface area contributed by atoms with Crippen molar-refractivity contribution in [1.29, 1.82) is 0 Å². The third kappa shape index (κ3) is 3.32. The average Bonchev–Trinajstić information content (AvgIpc) is 3.12. The standard InChI is InChI=1S/C18H25ClN2O/c1-14-11-16-15(5-9-20-6-2-3-7-20)13-21(8-4-10-22)18(16)12-17(14)19/h11-13,22H,2-10H2,1H3. The van der Waals surface area contributed by atoms with E-state index in [1.165, 1.54) is 42.4 Å². The molecule has 0 radical (unpaired) electrons. The number of benzene rings is 1. The molecule has 0 bridgehead atoms. The minimum atomic E-state index is 0.225. The van der Waals surface area contributed by atoms with Gasteiger partial charge in [0, 0.05) is 41.8 Å². The topological polar surface area (TPSA) is 28.4 Å². The van der Waals surface area contributed by atoms with Gasteiger partial charge in [-0.05, 0) is 69.0 Å². The Morgan fingerprint density at radius 3 is 2.68 bits per heavy atom. The highest BCUT2D eigenvalue weighted by molar-refractivity contribution is 6.32. The van der Waals surface area contributed by atoms with Crippen LogP contribution in [0.25, 0.3) is 10.9 Å². The van der Waals surface area contributed by atoms with E-state index in [1.807, 2.05) is 0 Å². The lowest BCUT2D eigenvalue weighted by atomic mass is 10.1. The smallest absolute Gasteiger partial charge is 0.0498 e. The van der Waals surface area contributed by atoms with Gasteiger partial charge in [-0.2, -0.15) is 0 Å². The first-order valence-corrected chi connectivity index (χ1v) is 8.68. The summed E-state index contributed by atoms with van der Waals surface area (Å²) < 4.78 is 2.25. The van der Waals surface area contributed by atoms with Crippen LogP contribution in [0.1, 0.15) is 30.4 Å². The Bertz CT molecular complexity index is 644. The second-order valence-corrected chi connectivity index (χ2v) is 6.75. The molecule has 22 heavy (non-hydrogen) atoms. The van der Waals surface area contributed by atoms with Crippen molar-refractivity contribution in [3.63, 3.8) is 0 Å². The number of hydrogen-bond acceptors (Lipinski definition) is 2. The summed E-state index contributed by atoms with van der Waals surface area (Å²) in [6.45, 7) is 6.76. The molecule has 0 saturated carbocycles. The molecule has 1 N–H and O–H groups in total. The zero-order valence-electron chi connectivity index (χ0n) is 13.3. The number of aliphatic hydroxyl groups excluding tert-OH is 1. The first-order chi connectivity index (χ1) is 10.7. The molecular formula is C18H25ClN2O. The van der Waals surface area contributed by atoms with Crippen LogP contribution >= 0.6 is 11.6 Å². The predicted octanol–water partition coefficient (Wildman–Crippen LogP) is 3.62. The minimum Gasteiger partial charge on any atom is -0.396 e. The first-order valence-electron chi connectivity index (χ1n) is 8.30. The largest absolute Gasteiger partial charge is 0.396 e. The molecule has 3 nitrogen and oxygen atoms in total. The highest BCUT2D eigenvalue weighted by atomic mass is 35.5. The highest BCUT2D eigenvalue weighted by Crippen LogP contribution is 2.28. The fourth-order valence-corrected chi connectivity index (χ4v) is 3.56. The van der Waals surface area contributed by atoms with E-state index in [4.69, 9.17) is 16.7 Å². The molecule has 0 aliphatic carbocycles. The van der Waals surface area contributed by atoms with E-state index in [-0.39, 0.29) is 6.61 Å². The molecular weight excluding hydrogens is 296 g/mol. The van der Waals surface area contributed by atoms with Gasteiger partial charge in [-0.3, -0.25) is 0 Å². The fourth-order valence-electron chi connectivity index (χ4n) is 3.40. The van der Waals surface area contributed by atoms with Crippen molar-refractivity contribution in [3.05, 3.63) is 34.5 Å². The van der Waals surface area contributed by atoms with Gasteiger partial charge in [0.15, 0.2) is 0 Å². The molecule has 4 heteroatoms. The number of aryl methyl sites for hydroxylation is 2. The zero-order valence-corrected chi connectivity index (χ0v) is 14.1. The van der Waals surface area contributed by atoms with E-state index in [0.717, 1.165) is 36.5 Å². The molecule has 1 aliphatic rings. The Morgan fingerprint density at radius 1 is 1.18 bits per heavy atom. The summed E-state index contributed by atoms with van der Waals surface area (Å²) >= 11 is 6.31. The van der Waals surface area contributed by atoms with Gasteiger partial charge in [-0.15, -0.1) is 0 Å². The van der Waals surface area contributed by atoms with Crippen LogP contribution in [0.4, 0.5) is 0 Å².